The molecule has 2 heteroatoms. The van der Waals surface area contributed by atoms with Crippen molar-refractivity contribution >= 4 is 6.29 Å². The van der Waals surface area contributed by atoms with Crippen LogP contribution in [0.25, 0.3) is 0 Å². The van der Waals surface area contributed by atoms with E-state index < -0.39 is 0 Å². The first-order valence-electron chi connectivity index (χ1n) is 4.51. The molecule has 0 aliphatic rings. The van der Waals surface area contributed by atoms with Crippen LogP contribution >= 0.6 is 0 Å². The van der Waals surface area contributed by atoms with Crippen molar-refractivity contribution in [3.8, 4) is 0 Å². The van der Waals surface area contributed by atoms with Gasteiger partial charge in [-0.1, -0.05) is 25.8 Å². The van der Waals surface area contributed by atoms with Crippen LogP contribution in [0, 0.1) is 0 Å². The maximum absolute atomic E-state index is 10.2. The number of hydrogen-bond acceptors (Lipinski definition) is 2. The largest absolute Gasteiger partial charge is 0.374 e. The maximum atomic E-state index is 10.2. The Labute approximate surface area is 74.6 Å². The van der Waals surface area contributed by atoms with Crippen LogP contribution in [0.3, 0.4) is 0 Å². The molecular formula is C10H18O2. The van der Waals surface area contributed by atoms with Gasteiger partial charge in [0, 0.05) is 6.42 Å². The molecule has 0 heterocycles. The molecule has 0 N–H and O–H groups in total. The molecule has 0 amide bonds. The van der Waals surface area contributed by atoms with Gasteiger partial charge in [0.2, 0.25) is 0 Å². The van der Waals surface area contributed by atoms with Crippen molar-refractivity contribution in [3.05, 3.63) is 12.7 Å². The van der Waals surface area contributed by atoms with Gasteiger partial charge in [-0.05, 0) is 6.42 Å². The average molecular weight is 170 g/mol. The SMILES string of the molecule is C=CCOC(CC=O)CCCC. The van der Waals surface area contributed by atoms with Gasteiger partial charge in [0.15, 0.2) is 0 Å². The predicted molar refractivity (Wildman–Crippen MR) is 50.1 cm³/mol. The number of carbonyl (C=O) groups is 1. The standard InChI is InChI=1S/C10H18O2/c1-3-5-6-10(7-8-11)12-9-4-2/h4,8,10H,2-3,5-7,9H2,1H3. The maximum Gasteiger partial charge on any atom is 0.122 e. The summed E-state index contributed by atoms with van der Waals surface area (Å²) in [6.45, 7) is 6.23. The molecule has 0 radical (unpaired) electrons. The van der Waals surface area contributed by atoms with Gasteiger partial charge in [0.05, 0.1) is 12.7 Å². The third kappa shape index (κ3) is 6.10. The quantitative estimate of drug-likeness (QED) is 0.413. The van der Waals surface area contributed by atoms with E-state index in [4.69, 9.17) is 4.74 Å². The van der Waals surface area contributed by atoms with E-state index >= 15 is 0 Å². The number of unbranched alkanes of at least 4 members (excludes halogenated alkanes) is 1. The first-order chi connectivity index (χ1) is 5.85. The monoisotopic (exact) mass is 170 g/mol. The summed E-state index contributed by atoms with van der Waals surface area (Å²) in [5.74, 6) is 0. The van der Waals surface area contributed by atoms with E-state index in [1.165, 1.54) is 0 Å². The van der Waals surface area contributed by atoms with Gasteiger partial charge in [0.1, 0.15) is 6.29 Å². The summed E-state index contributed by atoms with van der Waals surface area (Å²) < 4.78 is 5.38. The fourth-order valence-corrected chi connectivity index (χ4v) is 1.01. The zero-order valence-corrected chi connectivity index (χ0v) is 7.79. The van der Waals surface area contributed by atoms with Crippen molar-refractivity contribution in [1.29, 1.82) is 0 Å². The normalized spacial score (nSPS) is 12.4. The molecule has 0 aliphatic heterocycles. The topological polar surface area (TPSA) is 26.3 Å². The molecule has 0 fully saturated rings. The Morgan fingerprint density at radius 2 is 2.33 bits per heavy atom. The summed E-state index contributed by atoms with van der Waals surface area (Å²) in [5.41, 5.74) is 0. The number of rotatable bonds is 8. The Balaban J connectivity index is 3.52. The molecule has 0 aromatic carbocycles. The van der Waals surface area contributed by atoms with Gasteiger partial charge in [-0.15, -0.1) is 6.58 Å². The fraction of sp³-hybridized carbons (Fsp3) is 0.700. The smallest absolute Gasteiger partial charge is 0.122 e. The number of carbonyl (C=O) groups excluding carboxylic acids is 1. The van der Waals surface area contributed by atoms with E-state index in [1.54, 1.807) is 6.08 Å². The first-order valence-corrected chi connectivity index (χ1v) is 4.51. The van der Waals surface area contributed by atoms with Crippen molar-refractivity contribution in [2.45, 2.75) is 38.7 Å². The zero-order valence-electron chi connectivity index (χ0n) is 7.79. The van der Waals surface area contributed by atoms with Crippen molar-refractivity contribution < 1.29 is 9.53 Å². The second-order valence-corrected chi connectivity index (χ2v) is 2.79. The fourth-order valence-electron chi connectivity index (χ4n) is 1.01. The van der Waals surface area contributed by atoms with Gasteiger partial charge < -0.3 is 9.53 Å². The van der Waals surface area contributed by atoms with Crippen molar-refractivity contribution in [2.75, 3.05) is 6.61 Å². The summed E-state index contributed by atoms with van der Waals surface area (Å²) in [4.78, 5) is 10.2. The lowest BCUT2D eigenvalue weighted by Crippen LogP contribution is -2.13. The van der Waals surface area contributed by atoms with Gasteiger partial charge in [-0.3, -0.25) is 0 Å². The minimum atomic E-state index is 0.0976. The molecule has 0 bridgehead atoms. The van der Waals surface area contributed by atoms with E-state index in [1.807, 2.05) is 0 Å². The molecule has 0 spiro atoms. The molecular weight excluding hydrogens is 152 g/mol. The highest BCUT2D eigenvalue weighted by atomic mass is 16.5. The highest BCUT2D eigenvalue weighted by Gasteiger charge is 2.05. The van der Waals surface area contributed by atoms with Crippen LogP contribution in [-0.4, -0.2) is 19.0 Å². The minimum Gasteiger partial charge on any atom is -0.374 e. The van der Waals surface area contributed by atoms with E-state index in [2.05, 4.69) is 13.5 Å². The zero-order chi connectivity index (χ0) is 9.23. The molecule has 0 saturated carbocycles. The second-order valence-electron chi connectivity index (χ2n) is 2.79. The summed E-state index contributed by atoms with van der Waals surface area (Å²) in [6, 6.07) is 0. The van der Waals surface area contributed by atoms with Gasteiger partial charge in [-0.2, -0.15) is 0 Å². The first kappa shape index (κ1) is 11.4. The van der Waals surface area contributed by atoms with E-state index in [9.17, 15) is 4.79 Å². The molecule has 0 saturated heterocycles. The molecule has 1 unspecified atom stereocenters. The Morgan fingerprint density at radius 1 is 1.58 bits per heavy atom. The van der Waals surface area contributed by atoms with E-state index in [0.29, 0.717) is 13.0 Å². The van der Waals surface area contributed by atoms with E-state index in [-0.39, 0.29) is 6.10 Å². The van der Waals surface area contributed by atoms with Gasteiger partial charge in [-0.25, -0.2) is 0 Å². The Hall–Kier alpha value is -0.630. The van der Waals surface area contributed by atoms with Crippen LogP contribution in [0.15, 0.2) is 12.7 Å². The molecule has 2 nitrogen and oxygen atoms in total. The minimum absolute atomic E-state index is 0.0976. The van der Waals surface area contributed by atoms with Crippen LogP contribution in [0.2, 0.25) is 0 Å². The second kappa shape index (κ2) is 8.47. The third-order valence-electron chi connectivity index (χ3n) is 1.69. The summed E-state index contributed by atoms with van der Waals surface area (Å²) in [6.07, 6.45) is 6.48. The van der Waals surface area contributed by atoms with Crippen LogP contribution in [0.5, 0.6) is 0 Å². The molecule has 1 atom stereocenters. The number of ether oxygens (including phenoxy) is 1. The number of aldehydes is 1. The summed E-state index contributed by atoms with van der Waals surface area (Å²) in [7, 11) is 0. The Bertz CT molecular complexity index is 121. The molecule has 0 aromatic rings. The molecule has 0 aliphatic carbocycles. The van der Waals surface area contributed by atoms with Crippen LogP contribution in [0.4, 0.5) is 0 Å². The van der Waals surface area contributed by atoms with Crippen molar-refractivity contribution in [2.24, 2.45) is 0 Å². The molecule has 70 valence electrons. The molecule has 0 rings (SSSR count). The lowest BCUT2D eigenvalue weighted by Gasteiger charge is -2.13. The number of hydrogen-bond donors (Lipinski definition) is 0. The van der Waals surface area contributed by atoms with Crippen molar-refractivity contribution in [1.82, 2.24) is 0 Å². The van der Waals surface area contributed by atoms with Gasteiger partial charge >= 0.3 is 0 Å². The average Bonchev–Trinajstić information content (AvgIpc) is 2.10. The third-order valence-corrected chi connectivity index (χ3v) is 1.69. The van der Waals surface area contributed by atoms with Crippen LogP contribution < -0.4 is 0 Å². The lowest BCUT2D eigenvalue weighted by atomic mass is 10.1. The highest BCUT2D eigenvalue weighted by Crippen LogP contribution is 2.07. The lowest BCUT2D eigenvalue weighted by molar-refractivity contribution is -0.110. The predicted octanol–water partition coefficient (Wildman–Crippen LogP) is 2.34. The van der Waals surface area contributed by atoms with Crippen LogP contribution in [0.1, 0.15) is 32.6 Å². The Kier molecular flexibility index (Phi) is 8.02. The highest BCUT2D eigenvalue weighted by molar-refractivity contribution is 5.50. The molecule has 0 aromatic heterocycles. The Morgan fingerprint density at radius 3 is 2.83 bits per heavy atom. The van der Waals surface area contributed by atoms with E-state index in [0.717, 1.165) is 25.5 Å². The summed E-state index contributed by atoms with van der Waals surface area (Å²) >= 11 is 0. The summed E-state index contributed by atoms with van der Waals surface area (Å²) in [5, 5.41) is 0. The van der Waals surface area contributed by atoms with Crippen molar-refractivity contribution in [3.63, 3.8) is 0 Å². The van der Waals surface area contributed by atoms with Gasteiger partial charge in [0.25, 0.3) is 0 Å². The van der Waals surface area contributed by atoms with Crippen LogP contribution in [-0.2, 0) is 9.53 Å². The molecule has 12 heavy (non-hydrogen) atoms.